The first-order chi connectivity index (χ1) is 11.1. The molecule has 1 unspecified atom stereocenters. The zero-order chi connectivity index (χ0) is 16.7. The lowest BCUT2D eigenvalue weighted by Crippen LogP contribution is -2.26. The molecule has 0 radical (unpaired) electrons. The Labute approximate surface area is 136 Å². The van der Waals surface area contributed by atoms with Crippen molar-refractivity contribution in [2.24, 2.45) is 0 Å². The van der Waals surface area contributed by atoms with E-state index in [0.29, 0.717) is 12.8 Å². The first kappa shape index (κ1) is 16.8. The minimum Gasteiger partial charge on any atom is -0.497 e. The predicted molar refractivity (Wildman–Crippen MR) is 88.7 cm³/mol. The highest BCUT2D eigenvalue weighted by molar-refractivity contribution is 5.76. The number of hydrogen-bond donors (Lipinski definition) is 1. The van der Waals surface area contributed by atoms with Gasteiger partial charge in [-0.3, -0.25) is 9.78 Å². The number of hydrogen-bond acceptors (Lipinski definition) is 4. The summed E-state index contributed by atoms with van der Waals surface area (Å²) in [4.78, 5) is 16.1. The molecule has 2 aromatic rings. The maximum Gasteiger partial charge on any atom is 0.220 e. The number of aryl methyl sites for hydroxylation is 1. The minimum absolute atomic E-state index is 0.000754. The van der Waals surface area contributed by atoms with Gasteiger partial charge in [0.05, 0.1) is 20.3 Å². The first-order valence-corrected chi connectivity index (χ1v) is 7.54. The molecule has 0 fully saturated rings. The summed E-state index contributed by atoms with van der Waals surface area (Å²) in [5, 5.41) is 2.99. The lowest BCUT2D eigenvalue weighted by Gasteiger charge is -2.15. The number of amides is 1. The average molecular weight is 314 g/mol. The highest BCUT2D eigenvalue weighted by Gasteiger charge is 2.11. The van der Waals surface area contributed by atoms with E-state index in [-0.39, 0.29) is 11.9 Å². The SMILES string of the molecule is COc1ccc(OC)c(CCC(=O)NC(C)c2ccncc2)c1. The molecule has 5 heteroatoms. The number of nitrogens with one attached hydrogen (secondary N) is 1. The van der Waals surface area contributed by atoms with Crippen LogP contribution in [0.2, 0.25) is 0 Å². The van der Waals surface area contributed by atoms with Gasteiger partial charge in [-0.1, -0.05) is 0 Å². The number of ether oxygens (including phenoxy) is 2. The van der Waals surface area contributed by atoms with Gasteiger partial charge in [0.15, 0.2) is 0 Å². The fourth-order valence-electron chi connectivity index (χ4n) is 2.37. The summed E-state index contributed by atoms with van der Waals surface area (Å²) in [6, 6.07) is 9.35. The molecule has 0 aliphatic rings. The molecule has 23 heavy (non-hydrogen) atoms. The highest BCUT2D eigenvalue weighted by atomic mass is 16.5. The monoisotopic (exact) mass is 314 g/mol. The van der Waals surface area contributed by atoms with E-state index in [0.717, 1.165) is 22.6 Å². The van der Waals surface area contributed by atoms with Crippen molar-refractivity contribution in [1.29, 1.82) is 0 Å². The summed E-state index contributed by atoms with van der Waals surface area (Å²) < 4.78 is 10.6. The van der Waals surface area contributed by atoms with Crippen LogP contribution in [0.1, 0.15) is 30.5 Å². The zero-order valence-corrected chi connectivity index (χ0v) is 13.7. The Bertz CT molecular complexity index is 644. The van der Waals surface area contributed by atoms with E-state index in [1.54, 1.807) is 26.6 Å². The van der Waals surface area contributed by atoms with Gasteiger partial charge < -0.3 is 14.8 Å². The number of benzene rings is 1. The number of carbonyl (C=O) groups is 1. The van der Waals surface area contributed by atoms with Gasteiger partial charge in [-0.25, -0.2) is 0 Å². The van der Waals surface area contributed by atoms with Crippen molar-refractivity contribution in [2.75, 3.05) is 14.2 Å². The molecule has 1 aromatic carbocycles. The van der Waals surface area contributed by atoms with E-state index in [9.17, 15) is 4.79 Å². The van der Waals surface area contributed by atoms with Gasteiger partial charge in [0.2, 0.25) is 5.91 Å². The quantitative estimate of drug-likeness (QED) is 0.853. The third-order valence-corrected chi connectivity index (χ3v) is 3.69. The molecule has 1 heterocycles. The predicted octanol–water partition coefficient (Wildman–Crippen LogP) is 2.91. The van der Waals surface area contributed by atoms with E-state index in [1.165, 1.54) is 0 Å². The van der Waals surface area contributed by atoms with Crippen molar-refractivity contribution in [3.05, 3.63) is 53.9 Å². The van der Waals surface area contributed by atoms with Crippen LogP contribution in [-0.4, -0.2) is 25.1 Å². The molecule has 0 aliphatic carbocycles. The molecule has 2 rings (SSSR count). The zero-order valence-electron chi connectivity index (χ0n) is 13.7. The second kappa shape index (κ2) is 8.17. The van der Waals surface area contributed by atoms with Gasteiger partial charge in [-0.05, 0) is 54.8 Å². The smallest absolute Gasteiger partial charge is 0.220 e. The fraction of sp³-hybridized carbons (Fsp3) is 0.333. The fourth-order valence-corrected chi connectivity index (χ4v) is 2.37. The second-order valence-electron chi connectivity index (χ2n) is 5.25. The van der Waals surface area contributed by atoms with Crippen molar-refractivity contribution in [1.82, 2.24) is 10.3 Å². The summed E-state index contributed by atoms with van der Waals surface area (Å²) in [6.45, 7) is 1.96. The van der Waals surface area contributed by atoms with E-state index in [2.05, 4.69) is 10.3 Å². The van der Waals surface area contributed by atoms with Crippen LogP contribution >= 0.6 is 0 Å². The van der Waals surface area contributed by atoms with Gasteiger partial charge in [0, 0.05) is 18.8 Å². The average Bonchev–Trinajstić information content (AvgIpc) is 2.60. The van der Waals surface area contributed by atoms with E-state index in [4.69, 9.17) is 9.47 Å². The van der Waals surface area contributed by atoms with Crippen LogP contribution in [0, 0.1) is 0 Å². The van der Waals surface area contributed by atoms with Crippen LogP contribution in [-0.2, 0) is 11.2 Å². The van der Waals surface area contributed by atoms with Gasteiger partial charge in [-0.2, -0.15) is 0 Å². The third-order valence-electron chi connectivity index (χ3n) is 3.69. The van der Waals surface area contributed by atoms with Crippen molar-refractivity contribution in [2.45, 2.75) is 25.8 Å². The molecule has 1 N–H and O–H groups in total. The molecule has 0 saturated carbocycles. The van der Waals surface area contributed by atoms with Crippen LogP contribution < -0.4 is 14.8 Å². The molecule has 0 aliphatic heterocycles. The number of rotatable bonds is 7. The van der Waals surface area contributed by atoms with E-state index >= 15 is 0 Å². The van der Waals surface area contributed by atoms with Crippen LogP contribution in [0.4, 0.5) is 0 Å². The molecular formula is C18H22N2O3. The molecule has 0 spiro atoms. The molecule has 1 aromatic heterocycles. The van der Waals surface area contributed by atoms with Crippen molar-refractivity contribution in [3.8, 4) is 11.5 Å². The molecule has 5 nitrogen and oxygen atoms in total. The molecular weight excluding hydrogens is 292 g/mol. The van der Waals surface area contributed by atoms with Gasteiger partial charge in [-0.15, -0.1) is 0 Å². The molecule has 1 atom stereocenters. The van der Waals surface area contributed by atoms with Crippen LogP contribution in [0.15, 0.2) is 42.7 Å². The summed E-state index contributed by atoms with van der Waals surface area (Å²) in [6.07, 6.45) is 4.42. The number of nitrogens with zero attached hydrogens (tertiary/aromatic N) is 1. The van der Waals surface area contributed by atoms with Crippen LogP contribution in [0.5, 0.6) is 11.5 Å². The summed E-state index contributed by atoms with van der Waals surface area (Å²) in [7, 11) is 3.24. The first-order valence-electron chi connectivity index (χ1n) is 7.54. The molecule has 0 saturated heterocycles. The third kappa shape index (κ3) is 4.71. The summed E-state index contributed by atoms with van der Waals surface area (Å²) in [5.74, 6) is 1.52. The standard InChI is InChI=1S/C18H22N2O3/c1-13(14-8-10-19-11-9-14)20-18(21)7-4-15-12-16(22-2)5-6-17(15)23-3/h5-6,8-13H,4,7H2,1-3H3,(H,20,21). The Morgan fingerprint density at radius 2 is 1.91 bits per heavy atom. The molecule has 0 bridgehead atoms. The second-order valence-corrected chi connectivity index (χ2v) is 5.25. The molecule has 122 valence electrons. The topological polar surface area (TPSA) is 60.5 Å². The van der Waals surface area contributed by atoms with Crippen LogP contribution in [0.25, 0.3) is 0 Å². The lowest BCUT2D eigenvalue weighted by molar-refractivity contribution is -0.121. The summed E-state index contributed by atoms with van der Waals surface area (Å²) in [5.41, 5.74) is 1.99. The largest absolute Gasteiger partial charge is 0.497 e. The van der Waals surface area contributed by atoms with Gasteiger partial charge >= 0.3 is 0 Å². The van der Waals surface area contributed by atoms with Gasteiger partial charge in [0.25, 0.3) is 0 Å². The Morgan fingerprint density at radius 3 is 2.57 bits per heavy atom. The molecule has 1 amide bonds. The van der Waals surface area contributed by atoms with E-state index < -0.39 is 0 Å². The Morgan fingerprint density at radius 1 is 1.17 bits per heavy atom. The minimum atomic E-state index is -0.0438. The van der Waals surface area contributed by atoms with Gasteiger partial charge in [0.1, 0.15) is 11.5 Å². The van der Waals surface area contributed by atoms with Crippen LogP contribution in [0.3, 0.4) is 0 Å². The number of pyridine rings is 1. The number of aromatic nitrogens is 1. The highest BCUT2D eigenvalue weighted by Crippen LogP contribution is 2.25. The lowest BCUT2D eigenvalue weighted by atomic mass is 10.1. The van der Waals surface area contributed by atoms with E-state index in [1.807, 2.05) is 37.3 Å². The maximum absolute atomic E-state index is 12.2. The maximum atomic E-state index is 12.2. The number of carbonyl (C=O) groups excluding carboxylic acids is 1. The van der Waals surface area contributed by atoms with Crippen molar-refractivity contribution < 1.29 is 14.3 Å². The Kier molecular flexibility index (Phi) is 5.97. The van der Waals surface area contributed by atoms with Crippen molar-refractivity contribution in [3.63, 3.8) is 0 Å². The Hall–Kier alpha value is -2.56. The van der Waals surface area contributed by atoms with Crippen molar-refractivity contribution >= 4 is 5.91 Å². The Balaban J connectivity index is 1.94. The number of methoxy groups -OCH3 is 2. The summed E-state index contributed by atoms with van der Waals surface area (Å²) >= 11 is 0. The normalized spacial score (nSPS) is 11.6.